The summed E-state index contributed by atoms with van der Waals surface area (Å²) in [5, 5.41) is 4.14. The van der Waals surface area contributed by atoms with E-state index in [9.17, 15) is 4.79 Å². The van der Waals surface area contributed by atoms with Gasteiger partial charge in [-0.1, -0.05) is 0 Å². The molecule has 5 heteroatoms. The Morgan fingerprint density at radius 1 is 1.77 bits per heavy atom. The highest BCUT2D eigenvalue weighted by Crippen LogP contribution is 2.35. The average Bonchev–Trinajstić information content (AvgIpc) is 2.89. The summed E-state index contributed by atoms with van der Waals surface area (Å²) in [7, 11) is 1.35. The van der Waals surface area contributed by atoms with Crippen LogP contribution in [0.5, 0.6) is 0 Å². The maximum absolute atomic E-state index is 11.2. The first-order chi connectivity index (χ1) is 6.22. The first-order valence-electron chi connectivity index (χ1n) is 4.05. The molecular formula is C8H9BrN2O2. The summed E-state index contributed by atoms with van der Waals surface area (Å²) >= 11 is 3.27. The summed E-state index contributed by atoms with van der Waals surface area (Å²) in [5.41, 5.74) is 0.356. The fraction of sp³-hybridized carbons (Fsp3) is 0.500. The average molecular weight is 245 g/mol. The Kier molecular flexibility index (Phi) is 2.11. The third kappa shape index (κ3) is 1.60. The van der Waals surface area contributed by atoms with E-state index in [1.807, 2.05) is 10.9 Å². The molecule has 0 unspecified atom stereocenters. The van der Waals surface area contributed by atoms with Crippen molar-refractivity contribution in [2.24, 2.45) is 0 Å². The van der Waals surface area contributed by atoms with Crippen LogP contribution in [0.15, 0.2) is 10.7 Å². The van der Waals surface area contributed by atoms with Crippen LogP contribution in [0.25, 0.3) is 0 Å². The summed E-state index contributed by atoms with van der Waals surface area (Å²) in [6.07, 6.45) is 4.12. The van der Waals surface area contributed by atoms with Gasteiger partial charge in [-0.15, -0.1) is 0 Å². The Morgan fingerprint density at radius 2 is 2.46 bits per heavy atom. The lowest BCUT2D eigenvalue weighted by Crippen LogP contribution is -2.04. The number of hydrogen-bond donors (Lipinski definition) is 0. The van der Waals surface area contributed by atoms with E-state index in [2.05, 4.69) is 25.8 Å². The third-order valence-corrected chi connectivity index (χ3v) is 2.57. The Labute approximate surface area is 84.0 Å². The highest BCUT2D eigenvalue weighted by Gasteiger charge is 2.27. The molecule has 1 aliphatic carbocycles. The van der Waals surface area contributed by atoms with Gasteiger partial charge in [-0.05, 0) is 28.8 Å². The molecule has 0 amide bonds. The van der Waals surface area contributed by atoms with Crippen molar-refractivity contribution in [1.82, 2.24) is 9.78 Å². The molecule has 0 aliphatic heterocycles. The smallest absolute Gasteiger partial charge is 0.359 e. The van der Waals surface area contributed by atoms with Crippen molar-refractivity contribution >= 4 is 21.9 Å². The number of carbonyl (C=O) groups is 1. The summed E-state index contributed by atoms with van der Waals surface area (Å²) in [5.74, 6) is -0.397. The van der Waals surface area contributed by atoms with Crippen LogP contribution < -0.4 is 0 Å². The molecule has 1 aromatic heterocycles. The molecule has 1 saturated carbocycles. The van der Waals surface area contributed by atoms with Gasteiger partial charge < -0.3 is 4.74 Å². The molecular weight excluding hydrogens is 236 g/mol. The fourth-order valence-electron chi connectivity index (χ4n) is 1.13. The molecule has 1 heterocycles. The lowest BCUT2D eigenvalue weighted by Gasteiger charge is -1.94. The highest BCUT2D eigenvalue weighted by atomic mass is 79.9. The molecule has 13 heavy (non-hydrogen) atoms. The number of aromatic nitrogens is 2. The van der Waals surface area contributed by atoms with E-state index in [1.54, 1.807) is 0 Å². The van der Waals surface area contributed by atoms with Gasteiger partial charge in [0.1, 0.15) is 0 Å². The van der Waals surface area contributed by atoms with Crippen molar-refractivity contribution in [3.8, 4) is 0 Å². The molecule has 0 aromatic carbocycles. The first kappa shape index (κ1) is 8.74. The Morgan fingerprint density at radius 3 is 3.00 bits per heavy atom. The topological polar surface area (TPSA) is 44.1 Å². The Bertz CT molecular complexity index is 344. The quantitative estimate of drug-likeness (QED) is 0.746. The van der Waals surface area contributed by atoms with Crippen LogP contribution in [0.1, 0.15) is 29.4 Å². The molecule has 1 aliphatic rings. The van der Waals surface area contributed by atoms with Crippen molar-refractivity contribution in [2.45, 2.75) is 18.9 Å². The highest BCUT2D eigenvalue weighted by molar-refractivity contribution is 9.10. The summed E-state index contributed by atoms with van der Waals surface area (Å²) < 4.78 is 7.10. The number of ether oxygens (including phenoxy) is 1. The monoisotopic (exact) mass is 244 g/mol. The van der Waals surface area contributed by atoms with Gasteiger partial charge in [-0.3, -0.25) is 4.68 Å². The maximum Gasteiger partial charge on any atom is 0.359 e. The number of nitrogens with zero attached hydrogens (tertiary/aromatic N) is 2. The van der Waals surface area contributed by atoms with E-state index >= 15 is 0 Å². The number of halogens is 1. The molecule has 0 bridgehead atoms. The minimum Gasteiger partial charge on any atom is -0.464 e. The molecule has 0 atom stereocenters. The second kappa shape index (κ2) is 3.14. The number of hydrogen-bond acceptors (Lipinski definition) is 3. The zero-order valence-electron chi connectivity index (χ0n) is 7.16. The Balaban J connectivity index is 2.29. The number of methoxy groups -OCH3 is 1. The molecule has 0 spiro atoms. The molecule has 70 valence electrons. The van der Waals surface area contributed by atoms with Gasteiger partial charge in [-0.2, -0.15) is 5.10 Å². The zero-order chi connectivity index (χ0) is 9.42. The molecule has 1 aromatic rings. The van der Waals surface area contributed by atoms with E-state index in [1.165, 1.54) is 7.11 Å². The normalized spacial score (nSPS) is 15.8. The van der Waals surface area contributed by atoms with Crippen molar-refractivity contribution < 1.29 is 9.53 Å². The standard InChI is InChI=1S/C8H9BrN2O2/c1-13-8(12)7-6(9)4-11(10-7)5-2-3-5/h4-5H,2-3H2,1H3. The molecule has 0 saturated heterocycles. The largest absolute Gasteiger partial charge is 0.464 e. The minimum absolute atomic E-state index is 0.356. The van der Waals surface area contributed by atoms with E-state index in [-0.39, 0.29) is 0 Å². The Hall–Kier alpha value is -0.840. The van der Waals surface area contributed by atoms with Gasteiger partial charge in [0.2, 0.25) is 0 Å². The number of rotatable bonds is 2. The van der Waals surface area contributed by atoms with Crippen LogP contribution in [0.2, 0.25) is 0 Å². The van der Waals surface area contributed by atoms with Crippen molar-refractivity contribution in [1.29, 1.82) is 0 Å². The number of carbonyl (C=O) groups excluding carboxylic acids is 1. The summed E-state index contributed by atoms with van der Waals surface area (Å²) in [6.45, 7) is 0. The summed E-state index contributed by atoms with van der Waals surface area (Å²) in [4.78, 5) is 11.2. The van der Waals surface area contributed by atoms with Gasteiger partial charge >= 0.3 is 5.97 Å². The van der Waals surface area contributed by atoms with Gasteiger partial charge in [0.15, 0.2) is 5.69 Å². The van der Waals surface area contributed by atoms with Gasteiger partial charge in [0.05, 0.1) is 17.6 Å². The molecule has 1 fully saturated rings. The second-order valence-electron chi connectivity index (χ2n) is 3.03. The van der Waals surface area contributed by atoms with Crippen LogP contribution in [-0.4, -0.2) is 22.9 Å². The van der Waals surface area contributed by atoms with E-state index < -0.39 is 5.97 Å². The third-order valence-electron chi connectivity index (χ3n) is 1.99. The molecule has 2 rings (SSSR count). The predicted molar refractivity (Wildman–Crippen MR) is 49.5 cm³/mol. The second-order valence-corrected chi connectivity index (χ2v) is 3.88. The minimum atomic E-state index is -0.397. The SMILES string of the molecule is COC(=O)c1nn(C2CC2)cc1Br. The van der Waals surface area contributed by atoms with Crippen LogP contribution >= 0.6 is 15.9 Å². The van der Waals surface area contributed by atoms with E-state index in [4.69, 9.17) is 0 Å². The van der Waals surface area contributed by atoms with Crippen molar-refractivity contribution in [3.05, 3.63) is 16.4 Å². The first-order valence-corrected chi connectivity index (χ1v) is 4.84. The zero-order valence-corrected chi connectivity index (χ0v) is 8.74. The van der Waals surface area contributed by atoms with E-state index in [0.29, 0.717) is 16.2 Å². The van der Waals surface area contributed by atoms with Crippen LogP contribution in [0.3, 0.4) is 0 Å². The van der Waals surface area contributed by atoms with Crippen LogP contribution in [0, 0.1) is 0 Å². The van der Waals surface area contributed by atoms with Gasteiger partial charge in [0.25, 0.3) is 0 Å². The van der Waals surface area contributed by atoms with Gasteiger partial charge in [0, 0.05) is 6.20 Å². The maximum atomic E-state index is 11.2. The fourth-order valence-corrected chi connectivity index (χ4v) is 1.58. The molecule has 4 nitrogen and oxygen atoms in total. The van der Waals surface area contributed by atoms with Crippen molar-refractivity contribution in [3.63, 3.8) is 0 Å². The lowest BCUT2D eigenvalue weighted by molar-refractivity contribution is 0.0592. The number of esters is 1. The predicted octanol–water partition coefficient (Wildman–Crippen LogP) is 1.77. The van der Waals surface area contributed by atoms with Crippen LogP contribution in [0.4, 0.5) is 0 Å². The van der Waals surface area contributed by atoms with Gasteiger partial charge in [-0.25, -0.2) is 4.79 Å². The van der Waals surface area contributed by atoms with Crippen molar-refractivity contribution in [2.75, 3.05) is 7.11 Å². The van der Waals surface area contributed by atoms with E-state index in [0.717, 1.165) is 12.8 Å². The summed E-state index contributed by atoms with van der Waals surface area (Å²) in [6, 6.07) is 0.481. The molecule has 0 N–H and O–H groups in total. The van der Waals surface area contributed by atoms with Crippen LogP contribution in [-0.2, 0) is 4.74 Å². The molecule has 0 radical (unpaired) electrons. The lowest BCUT2D eigenvalue weighted by atomic mass is 10.4.